The first-order chi connectivity index (χ1) is 31.9. The van der Waals surface area contributed by atoms with E-state index in [2.05, 4.69) is 0 Å². The maximum absolute atomic E-state index is 9.50. The standard InChI is InChI=1S/C53H33N3O/c1-3-13-34(14-4-1)36-25-28-38(29-26-36)52-54-51(37-16-5-2-6-17-37)55-53(56-52)42-32-40-19-9-10-20-43(40)47(33-42)45-22-12-24-48-49(45)46-23-11-21-44(50(46)57-48)41-30-27-35-15-7-8-18-39(35)31-41/h1-33H/i2D,5D,6D,11D,16D,17D,21D,22D,24D. The lowest BCUT2D eigenvalue weighted by Crippen LogP contribution is -2.00. The first-order valence-electron chi connectivity index (χ1n) is 22.9. The van der Waals surface area contributed by atoms with Gasteiger partial charge < -0.3 is 4.42 Å². The zero-order valence-corrected chi connectivity index (χ0v) is 30.1. The molecule has 266 valence electrons. The average Bonchev–Trinajstić information content (AvgIpc) is 3.71. The number of hydrogen-bond donors (Lipinski definition) is 0. The van der Waals surface area contributed by atoms with Gasteiger partial charge in [-0.1, -0.05) is 176 Å². The summed E-state index contributed by atoms with van der Waals surface area (Å²) >= 11 is 0. The van der Waals surface area contributed by atoms with Gasteiger partial charge in [0, 0.05) is 33.0 Å². The van der Waals surface area contributed by atoms with Crippen LogP contribution < -0.4 is 0 Å². The maximum Gasteiger partial charge on any atom is 0.164 e. The van der Waals surface area contributed by atoms with Crippen LogP contribution in [-0.2, 0) is 0 Å². The van der Waals surface area contributed by atoms with Crippen molar-refractivity contribution in [2.24, 2.45) is 0 Å². The van der Waals surface area contributed by atoms with Crippen molar-refractivity contribution < 1.29 is 16.8 Å². The second-order valence-corrected chi connectivity index (χ2v) is 13.7. The van der Waals surface area contributed by atoms with Crippen LogP contribution in [0.4, 0.5) is 0 Å². The second kappa shape index (κ2) is 13.6. The van der Waals surface area contributed by atoms with Crippen LogP contribution in [0.25, 0.3) is 111 Å². The summed E-state index contributed by atoms with van der Waals surface area (Å²) in [7, 11) is 0. The third-order valence-corrected chi connectivity index (χ3v) is 10.3. The predicted octanol–water partition coefficient (Wildman–Crippen LogP) is 14.1. The van der Waals surface area contributed by atoms with Gasteiger partial charge >= 0.3 is 0 Å². The first kappa shape index (κ1) is 24.7. The van der Waals surface area contributed by atoms with Crippen LogP contribution in [0.5, 0.6) is 0 Å². The highest BCUT2D eigenvalue weighted by atomic mass is 16.3. The van der Waals surface area contributed by atoms with Gasteiger partial charge in [-0.25, -0.2) is 15.0 Å². The third kappa shape index (κ3) is 5.83. The van der Waals surface area contributed by atoms with Gasteiger partial charge in [-0.15, -0.1) is 0 Å². The fourth-order valence-corrected chi connectivity index (χ4v) is 7.56. The van der Waals surface area contributed by atoms with Crippen molar-refractivity contribution in [2.45, 2.75) is 0 Å². The molecule has 57 heavy (non-hydrogen) atoms. The lowest BCUT2D eigenvalue weighted by atomic mass is 9.92. The van der Waals surface area contributed by atoms with Gasteiger partial charge in [0.05, 0.1) is 12.3 Å². The van der Waals surface area contributed by atoms with Gasteiger partial charge in [0.15, 0.2) is 17.5 Å². The van der Waals surface area contributed by atoms with Crippen LogP contribution >= 0.6 is 0 Å². The highest BCUT2D eigenvalue weighted by Gasteiger charge is 2.20. The van der Waals surface area contributed by atoms with Gasteiger partial charge in [-0.05, 0) is 73.6 Å². The minimum atomic E-state index is -0.539. The van der Waals surface area contributed by atoms with Crippen LogP contribution in [0.3, 0.4) is 0 Å². The predicted molar refractivity (Wildman–Crippen MR) is 235 cm³/mol. The summed E-state index contributed by atoms with van der Waals surface area (Å²) in [5.74, 6) is 0.227. The zero-order valence-electron chi connectivity index (χ0n) is 39.1. The van der Waals surface area contributed by atoms with Crippen LogP contribution in [-0.4, -0.2) is 15.0 Å². The maximum atomic E-state index is 9.50. The minimum Gasteiger partial charge on any atom is -0.455 e. The molecule has 4 heteroatoms. The molecule has 0 fully saturated rings. The molecule has 4 nitrogen and oxygen atoms in total. The van der Waals surface area contributed by atoms with Crippen LogP contribution in [0.1, 0.15) is 12.3 Å². The van der Waals surface area contributed by atoms with E-state index in [0.29, 0.717) is 49.7 Å². The monoisotopic (exact) mass is 736 g/mol. The van der Waals surface area contributed by atoms with E-state index in [1.165, 1.54) is 6.07 Å². The zero-order chi connectivity index (χ0) is 45.5. The molecule has 0 saturated heterocycles. The van der Waals surface area contributed by atoms with Crippen molar-refractivity contribution in [3.8, 4) is 67.5 Å². The smallest absolute Gasteiger partial charge is 0.164 e. The lowest BCUT2D eigenvalue weighted by Gasteiger charge is -2.13. The number of rotatable bonds is 6. The summed E-state index contributed by atoms with van der Waals surface area (Å²) in [6, 6.07) is 43.0. The van der Waals surface area contributed by atoms with E-state index >= 15 is 0 Å². The molecule has 11 rings (SSSR count). The number of aromatic nitrogens is 3. The van der Waals surface area contributed by atoms with Crippen LogP contribution in [0, 0.1) is 0 Å². The number of benzene rings is 9. The summed E-state index contributed by atoms with van der Waals surface area (Å²) in [4.78, 5) is 14.6. The molecule has 0 aliphatic rings. The molecule has 0 saturated carbocycles. The molecule has 0 aliphatic carbocycles. The molecule has 0 aliphatic heterocycles. The Morgan fingerprint density at radius 1 is 0.368 bits per heavy atom. The Bertz CT molecular complexity index is 3790. The first-order valence-corrected chi connectivity index (χ1v) is 18.4. The Morgan fingerprint density at radius 3 is 1.84 bits per heavy atom. The van der Waals surface area contributed by atoms with E-state index in [-0.39, 0.29) is 52.8 Å². The molecule has 0 N–H and O–H groups in total. The molecular weight excluding hydrogens is 695 g/mol. The van der Waals surface area contributed by atoms with Crippen molar-refractivity contribution in [2.75, 3.05) is 0 Å². The van der Waals surface area contributed by atoms with E-state index in [4.69, 9.17) is 30.3 Å². The highest BCUT2D eigenvalue weighted by Crippen LogP contribution is 2.43. The van der Waals surface area contributed by atoms with E-state index in [9.17, 15) is 1.37 Å². The molecule has 2 aromatic heterocycles. The van der Waals surface area contributed by atoms with E-state index in [1.54, 1.807) is 6.07 Å². The normalized spacial score (nSPS) is 13.7. The summed E-state index contributed by atoms with van der Waals surface area (Å²) in [6.45, 7) is 0. The van der Waals surface area contributed by atoms with Gasteiger partial charge in [0.25, 0.3) is 0 Å². The fraction of sp³-hybridized carbons (Fsp3) is 0. The molecule has 9 aromatic carbocycles. The Kier molecular flexibility index (Phi) is 5.87. The topological polar surface area (TPSA) is 51.8 Å². The molecular formula is C53H33N3O. The summed E-state index contributed by atoms with van der Waals surface area (Å²) in [6.07, 6.45) is 0. The number of furan rings is 1. The number of hydrogen-bond acceptors (Lipinski definition) is 4. The number of para-hydroxylation sites is 1. The van der Waals surface area contributed by atoms with Gasteiger partial charge in [0.1, 0.15) is 11.2 Å². The minimum absolute atomic E-state index is 0.0263. The van der Waals surface area contributed by atoms with E-state index in [1.807, 2.05) is 133 Å². The molecule has 0 radical (unpaired) electrons. The Morgan fingerprint density at radius 2 is 1.02 bits per heavy atom. The summed E-state index contributed by atoms with van der Waals surface area (Å²) in [5.41, 5.74) is 5.48. The Balaban J connectivity index is 1.17. The van der Waals surface area contributed by atoms with Crippen molar-refractivity contribution in [3.05, 3.63) is 200 Å². The van der Waals surface area contributed by atoms with Crippen molar-refractivity contribution in [3.63, 3.8) is 0 Å². The lowest BCUT2D eigenvalue weighted by molar-refractivity contribution is 0.670. The molecule has 2 heterocycles. The molecule has 0 atom stereocenters. The molecule has 0 bridgehead atoms. The number of fused-ring (bicyclic) bond motifs is 5. The van der Waals surface area contributed by atoms with Gasteiger partial charge in [0.2, 0.25) is 0 Å². The van der Waals surface area contributed by atoms with E-state index < -0.39 is 30.2 Å². The average molecular weight is 737 g/mol. The van der Waals surface area contributed by atoms with Gasteiger partial charge in [-0.3, -0.25) is 0 Å². The van der Waals surface area contributed by atoms with Crippen LogP contribution in [0.15, 0.2) is 204 Å². The van der Waals surface area contributed by atoms with Crippen molar-refractivity contribution in [1.82, 2.24) is 15.0 Å². The molecule has 0 unspecified atom stereocenters. The Hall–Kier alpha value is -7.69. The third-order valence-electron chi connectivity index (χ3n) is 10.3. The Labute approximate surface area is 342 Å². The van der Waals surface area contributed by atoms with Crippen molar-refractivity contribution in [1.29, 1.82) is 0 Å². The summed E-state index contributed by atoms with van der Waals surface area (Å²) < 4.78 is 86.2. The highest BCUT2D eigenvalue weighted by molar-refractivity contribution is 6.18. The molecule has 0 amide bonds. The quantitative estimate of drug-likeness (QED) is 0.171. The van der Waals surface area contributed by atoms with E-state index in [0.717, 1.165) is 32.7 Å². The molecule has 0 spiro atoms. The molecule has 11 aromatic rings. The number of nitrogens with zero attached hydrogens (tertiary/aromatic N) is 3. The largest absolute Gasteiger partial charge is 0.455 e. The summed E-state index contributed by atoms with van der Waals surface area (Å²) in [5, 5.41) is 4.40. The van der Waals surface area contributed by atoms with Crippen molar-refractivity contribution >= 4 is 43.5 Å². The SMILES string of the molecule is [2H]c1cc2c(oc3c([2H])cc([2H])c(-c4cc(-c5nc(-c6ccc(-c7ccccc7)cc6)nc(-c6c([2H])c([2H])c([2H])c([2H])c6[2H])n5)cc5ccccc45)c32)c(-c2ccc3ccccc3c2)c1[2H]. The second-order valence-electron chi connectivity index (χ2n) is 13.7. The van der Waals surface area contributed by atoms with Gasteiger partial charge in [-0.2, -0.15) is 0 Å². The van der Waals surface area contributed by atoms with Crippen LogP contribution in [0.2, 0.25) is 0 Å². The fourth-order valence-electron chi connectivity index (χ4n) is 7.56.